The maximum atomic E-state index is 12.2. The van der Waals surface area contributed by atoms with Gasteiger partial charge >= 0.3 is 6.18 Å². The van der Waals surface area contributed by atoms with Gasteiger partial charge < -0.3 is 10.4 Å². The topological polar surface area (TPSA) is 35.5 Å². The fourth-order valence-electron chi connectivity index (χ4n) is 2.15. The molecule has 114 valence electrons. The molecule has 7 heteroatoms. The molecule has 1 heterocycles. The third kappa shape index (κ3) is 8.73. The average molecular weight is 300 g/mol. The summed E-state index contributed by atoms with van der Waals surface area (Å²) < 4.78 is 36.6. The zero-order valence-electron chi connectivity index (χ0n) is 11.1. The molecule has 2 N–H and O–H groups in total. The smallest absolute Gasteiger partial charge is 0.396 e. The fourth-order valence-corrected chi connectivity index (χ4v) is 2.95. The normalized spacial score (nSPS) is 18.9. The van der Waals surface area contributed by atoms with Crippen LogP contribution in [-0.2, 0) is 0 Å². The van der Waals surface area contributed by atoms with Gasteiger partial charge in [-0.25, -0.2) is 0 Å². The third-order valence-corrected chi connectivity index (χ3v) is 4.19. The van der Waals surface area contributed by atoms with Crippen molar-refractivity contribution in [3.05, 3.63) is 0 Å². The number of halogens is 3. The molecule has 0 unspecified atom stereocenters. The van der Waals surface area contributed by atoms with Crippen molar-refractivity contribution in [3.63, 3.8) is 0 Å². The SMILES string of the molecule is OCCCSCCNC1CCN(CC(F)(F)F)CC1. The van der Waals surface area contributed by atoms with Gasteiger partial charge in [-0.1, -0.05) is 0 Å². The molecular weight excluding hydrogens is 277 g/mol. The number of aliphatic hydroxyl groups is 1. The summed E-state index contributed by atoms with van der Waals surface area (Å²) in [6.07, 6.45) is -1.68. The van der Waals surface area contributed by atoms with Crippen LogP contribution < -0.4 is 5.32 Å². The maximum Gasteiger partial charge on any atom is 0.401 e. The number of alkyl halides is 3. The van der Waals surface area contributed by atoms with Gasteiger partial charge in [-0.2, -0.15) is 24.9 Å². The van der Waals surface area contributed by atoms with Crippen LogP contribution in [0.15, 0.2) is 0 Å². The lowest BCUT2D eigenvalue weighted by Gasteiger charge is -2.32. The zero-order valence-corrected chi connectivity index (χ0v) is 11.9. The van der Waals surface area contributed by atoms with E-state index in [1.807, 2.05) is 0 Å². The highest BCUT2D eigenvalue weighted by atomic mass is 32.2. The molecular formula is C12H23F3N2OS. The van der Waals surface area contributed by atoms with Crippen molar-refractivity contribution in [1.29, 1.82) is 0 Å². The first-order chi connectivity index (χ1) is 9.01. The van der Waals surface area contributed by atoms with E-state index >= 15 is 0 Å². The molecule has 0 aromatic heterocycles. The van der Waals surface area contributed by atoms with E-state index in [-0.39, 0.29) is 6.61 Å². The summed E-state index contributed by atoms with van der Waals surface area (Å²) in [4.78, 5) is 1.48. The van der Waals surface area contributed by atoms with E-state index in [0.29, 0.717) is 19.1 Å². The van der Waals surface area contributed by atoms with Crippen LogP contribution in [0.5, 0.6) is 0 Å². The third-order valence-electron chi connectivity index (χ3n) is 3.12. The van der Waals surface area contributed by atoms with Gasteiger partial charge in [-0.05, 0) is 38.1 Å². The van der Waals surface area contributed by atoms with E-state index in [0.717, 1.165) is 37.3 Å². The van der Waals surface area contributed by atoms with Crippen LogP contribution in [0.2, 0.25) is 0 Å². The Hall–Kier alpha value is 0.0200. The summed E-state index contributed by atoms with van der Waals surface area (Å²) in [5, 5.41) is 12.0. The number of nitrogens with one attached hydrogen (secondary N) is 1. The Morgan fingerprint density at radius 3 is 2.47 bits per heavy atom. The second-order valence-electron chi connectivity index (χ2n) is 4.81. The monoisotopic (exact) mass is 300 g/mol. The van der Waals surface area contributed by atoms with Crippen LogP contribution in [0.1, 0.15) is 19.3 Å². The lowest BCUT2D eigenvalue weighted by atomic mass is 10.1. The number of nitrogens with zero attached hydrogens (tertiary/aromatic N) is 1. The number of hydrogen-bond acceptors (Lipinski definition) is 4. The van der Waals surface area contributed by atoms with Crippen LogP contribution in [0.25, 0.3) is 0 Å². The minimum Gasteiger partial charge on any atom is -0.396 e. The first-order valence-corrected chi connectivity index (χ1v) is 7.88. The van der Waals surface area contributed by atoms with Gasteiger partial charge in [-0.15, -0.1) is 0 Å². The van der Waals surface area contributed by atoms with E-state index in [1.165, 1.54) is 4.90 Å². The predicted molar refractivity (Wildman–Crippen MR) is 72.5 cm³/mol. The molecule has 1 saturated heterocycles. The molecule has 0 radical (unpaired) electrons. The molecule has 19 heavy (non-hydrogen) atoms. The summed E-state index contributed by atoms with van der Waals surface area (Å²) in [7, 11) is 0. The number of aliphatic hydroxyl groups excluding tert-OH is 1. The number of thioether (sulfide) groups is 1. The van der Waals surface area contributed by atoms with E-state index in [9.17, 15) is 13.2 Å². The first-order valence-electron chi connectivity index (χ1n) is 6.72. The average Bonchev–Trinajstić information content (AvgIpc) is 2.34. The Labute approximate surface area is 116 Å². The molecule has 3 nitrogen and oxygen atoms in total. The highest BCUT2D eigenvalue weighted by molar-refractivity contribution is 7.99. The Balaban J connectivity index is 2.01. The zero-order chi connectivity index (χ0) is 14.1. The molecule has 1 rings (SSSR count). The summed E-state index contributed by atoms with van der Waals surface area (Å²) in [5.41, 5.74) is 0. The Bertz CT molecular complexity index is 234. The summed E-state index contributed by atoms with van der Waals surface area (Å²) in [6, 6.07) is 0.350. The van der Waals surface area contributed by atoms with Crippen molar-refractivity contribution in [3.8, 4) is 0 Å². The summed E-state index contributed by atoms with van der Waals surface area (Å²) in [5.74, 6) is 1.95. The predicted octanol–water partition coefficient (Wildman–Crippen LogP) is 1.72. The molecule has 0 aliphatic carbocycles. The molecule has 1 aliphatic heterocycles. The van der Waals surface area contributed by atoms with E-state index < -0.39 is 12.7 Å². The van der Waals surface area contributed by atoms with E-state index in [4.69, 9.17) is 5.11 Å². The second kappa shape index (κ2) is 9.05. The second-order valence-corrected chi connectivity index (χ2v) is 6.03. The van der Waals surface area contributed by atoms with Gasteiger partial charge in [0.15, 0.2) is 0 Å². The largest absolute Gasteiger partial charge is 0.401 e. The molecule has 0 saturated carbocycles. The standard InChI is InChI=1S/C12H23F3N2OS/c13-12(14,15)10-17-5-2-11(3-6-17)16-4-9-19-8-1-7-18/h11,16,18H,1-10H2. The van der Waals surface area contributed by atoms with Gasteiger partial charge in [0.1, 0.15) is 0 Å². The lowest BCUT2D eigenvalue weighted by Crippen LogP contribution is -2.45. The van der Waals surface area contributed by atoms with Gasteiger partial charge in [0.25, 0.3) is 0 Å². The first kappa shape index (κ1) is 17.1. The van der Waals surface area contributed by atoms with Crippen LogP contribution >= 0.6 is 11.8 Å². The molecule has 0 atom stereocenters. The van der Waals surface area contributed by atoms with Crippen molar-refractivity contribution >= 4 is 11.8 Å². The van der Waals surface area contributed by atoms with Crippen molar-refractivity contribution in [1.82, 2.24) is 10.2 Å². The van der Waals surface area contributed by atoms with E-state index in [1.54, 1.807) is 11.8 Å². The van der Waals surface area contributed by atoms with Gasteiger partial charge in [0.05, 0.1) is 6.54 Å². The van der Waals surface area contributed by atoms with Crippen molar-refractivity contribution in [2.45, 2.75) is 31.5 Å². The molecule has 0 aromatic carbocycles. The van der Waals surface area contributed by atoms with Crippen molar-refractivity contribution in [2.24, 2.45) is 0 Å². The number of piperidine rings is 1. The minimum absolute atomic E-state index is 0.234. The van der Waals surface area contributed by atoms with Gasteiger partial charge in [0, 0.05) is 24.9 Å². The molecule has 1 fully saturated rings. The van der Waals surface area contributed by atoms with Crippen LogP contribution in [0, 0.1) is 0 Å². The summed E-state index contributed by atoms with van der Waals surface area (Å²) in [6.45, 7) is 1.39. The van der Waals surface area contributed by atoms with Gasteiger partial charge in [-0.3, -0.25) is 4.90 Å². The molecule has 0 bridgehead atoms. The van der Waals surface area contributed by atoms with Gasteiger partial charge in [0.2, 0.25) is 0 Å². The molecule has 0 spiro atoms. The van der Waals surface area contributed by atoms with Crippen molar-refractivity contribution in [2.75, 3.05) is 44.3 Å². The molecule has 1 aliphatic rings. The highest BCUT2D eigenvalue weighted by Gasteiger charge is 2.32. The Morgan fingerprint density at radius 2 is 1.89 bits per heavy atom. The maximum absolute atomic E-state index is 12.2. The lowest BCUT2D eigenvalue weighted by molar-refractivity contribution is -0.148. The quantitative estimate of drug-likeness (QED) is 0.669. The van der Waals surface area contributed by atoms with Crippen molar-refractivity contribution < 1.29 is 18.3 Å². The van der Waals surface area contributed by atoms with Crippen LogP contribution in [-0.4, -0.2) is 66.5 Å². The summed E-state index contributed by atoms with van der Waals surface area (Å²) >= 11 is 1.79. The highest BCUT2D eigenvalue weighted by Crippen LogP contribution is 2.19. The molecule has 0 aromatic rings. The van der Waals surface area contributed by atoms with Crippen LogP contribution in [0.3, 0.4) is 0 Å². The number of rotatable bonds is 8. The van der Waals surface area contributed by atoms with Crippen LogP contribution in [0.4, 0.5) is 13.2 Å². The minimum atomic E-state index is -4.08. The molecule has 0 amide bonds. The Morgan fingerprint density at radius 1 is 1.21 bits per heavy atom. The fraction of sp³-hybridized carbons (Fsp3) is 1.00. The Kier molecular flexibility index (Phi) is 8.13. The number of likely N-dealkylation sites (tertiary alicyclic amines) is 1. The van der Waals surface area contributed by atoms with E-state index in [2.05, 4.69) is 5.32 Å². The number of hydrogen-bond donors (Lipinski definition) is 2.